The van der Waals surface area contributed by atoms with Crippen molar-refractivity contribution in [2.75, 3.05) is 5.32 Å². The van der Waals surface area contributed by atoms with Gasteiger partial charge in [0.1, 0.15) is 0 Å². The summed E-state index contributed by atoms with van der Waals surface area (Å²) in [6, 6.07) is 2.85. The van der Waals surface area contributed by atoms with Gasteiger partial charge in [-0.05, 0) is 35.2 Å². The van der Waals surface area contributed by atoms with Crippen LogP contribution in [-0.2, 0) is 4.79 Å². The molecule has 0 saturated heterocycles. The van der Waals surface area contributed by atoms with E-state index in [4.69, 9.17) is 5.11 Å². The Balaban J connectivity index is 2.08. The summed E-state index contributed by atoms with van der Waals surface area (Å²) in [6.07, 6.45) is 3.97. The number of aliphatic carboxylic acids is 1. The zero-order valence-corrected chi connectivity index (χ0v) is 9.63. The van der Waals surface area contributed by atoms with Crippen molar-refractivity contribution in [2.24, 2.45) is 0 Å². The maximum Gasteiger partial charge on any atom is 0.363 e. The van der Waals surface area contributed by atoms with Crippen LogP contribution in [0.5, 0.6) is 0 Å². The number of hydrogen-bond acceptors (Lipinski definition) is 5. The minimum absolute atomic E-state index is 0.0456. The molecule has 2 rings (SSSR count). The van der Waals surface area contributed by atoms with Gasteiger partial charge in [-0.1, -0.05) is 0 Å². The quantitative estimate of drug-likeness (QED) is 0.610. The summed E-state index contributed by atoms with van der Waals surface area (Å²) >= 11 is 0. The molecule has 0 unspecified atom stereocenters. The summed E-state index contributed by atoms with van der Waals surface area (Å²) in [6.45, 7) is 0. The van der Waals surface area contributed by atoms with Crippen molar-refractivity contribution >= 4 is 17.5 Å². The monoisotopic (exact) mass is 251 g/mol. The van der Waals surface area contributed by atoms with E-state index < -0.39 is 16.4 Å². The lowest BCUT2D eigenvalue weighted by atomic mass is 9.74. The van der Waals surface area contributed by atoms with Crippen LogP contribution in [0.3, 0.4) is 0 Å². The number of carboxylic acids is 1. The molecule has 1 fully saturated rings. The molecule has 7 nitrogen and oxygen atoms in total. The van der Waals surface area contributed by atoms with Gasteiger partial charge >= 0.3 is 11.8 Å². The second kappa shape index (κ2) is 4.59. The highest BCUT2D eigenvalue weighted by Gasteiger charge is 2.39. The van der Waals surface area contributed by atoms with Crippen molar-refractivity contribution in [3.05, 3.63) is 28.4 Å². The van der Waals surface area contributed by atoms with Gasteiger partial charge in [-0.2, -0.15) is 0 Å². The largest absolute Gasteiger partial charge is 0.481 e. The van der Waals surface area contributed by atoms with E-state index in [-0.39, 0.29) is 12.2 Å². The Morgan fingerprint density at radius 3 is 2.67 bits per heavy atom. The summed E-state index contributed by atoms with van der Waals surface area (Å²) in [5.74, 6) is -1.07. The van der Waals surface area contributed by atoms with Gasteiger partial charge in [0.2, 0.25) is 0 Å². The van der Waals surface area contributed by atoms with Crippen molar-refractivity contribution in [3.8, 4) is 0 Å². The molecule has 0 radical (unpaired) electrons. The van der Waals surface area contributed by atoms with Crippen LogP contribution in [0.15, 0.2) is 18.3 Å². The summed E-state index contributed by atoms with van der Waals surface area (Å²) < 4.78 is 0. The van der Waals surface area contributed by atoms with E-state index in [2.05, 4.69) is 10.3 Å². The van der Waals surface area contributed by atoms with Crippen molar-refractivity contribution in [3.63, 3.8) is 0 Å². The lowest BCUT2D eigenvalue weighted by molar-refractivity contribution is -0.389. The lowest BCUT2D eigenvalue weighted by Crippen LogP contribution is -2.46. The van der Waals surface area contributed by atoms with Crippen molar-refractivity contribution in [1.29, 1.82) is 0 Å². The number of nitro groups is 1. The number of carbonyl (C=O) groups is 1. The van der Waals surface area contributed by atoms with Crippen molar-refractivity contribution in [1.82, 2.24) is 4.98 Å². The predicted molar refractivity (Wildman–Crippen MR) is 63.3 cm³/mol. The third-order valence-corrected chi connectivity index (χ3v) is 3.14. The van der Waals surface area contributed by atoms with Gasteiger partial charge in [-0.25, -0.2) is 0 Å². The smallest absolute Gasteiger partial charge is 0.363 e. The Morgan fingerprint density at radius 1 is 1.56 bits per heavy atom. The number of carboxylic acid groups (broad SMARTS) is 1. The third-order valence-electron chi connectivity index (χ3n) is 3.14. The molecule has 0 amide bonds. The van der Waals surface area contributed by atoms with Gasteiger partial charge in [-0.15, -0.1) is 0 Å². The zero-order valence-electron chi connectivity index (χ0n) is 9.63. The molecule has 1 aliphatic rings. The first kappa shape index (κ1) is 12.3. The molecule has 1 aromatic heterocycles. The molecule has 18 heavy (non-hydrogen) atoms. The third kappa shape index (κ3) is 2.55. The van der Waals surface area contributed by atoms with Crippen LogP contribution < -0.4 is 5.32 Å². The maximum atomic E-state index is 10.8. The standard InChI is InChI=1S/C11H13N3O4/c15-10(16)6-11(4-1-5-11)13-8-2-3-9(12-7-8)14(17)18/h2-3,7,13H,1,4-6H2,(H,15,16). The van der Waals surface area contributed by atoms with Gasteiger partial charge in [0.25, 0.3) is 0 Å². The van der Waals surface area contributed by atoms with Crippen LogP contribution in [0.1, 0.15) is 25.7 Å². The highest BCUT2D eigenvalue weighted by Crippen LogP contribution is 2.38. The van der Waals surface area contributed by atoms with Crippen LogP contribution >= 0.6 is 0 Å². The van der Waals surface area contributed by atoms with E-state index in [1.54, 1.807) is 6.07 Å². The number of pyridine rings is 1. The Kier molecular flexibility index (Phi) is 3.14. The summed E-state index contributed by atoms with van der Waals surface area (Å²) in [5.41, 5.74) is 0.186. The molecule has 1 heterocycles. The van der Waals surface area contributed by atoms with Crippen LogP contribution in [0.4, 0.5) is 11.5 Å². The molecular formula is C11H13N3O4. The summed E-state index contributed by atoms with van der Waals surface area (Å²) in [4.78, 5) is 24.4. The van der Waals surface area contributed by atoms with Crippen LogP contribution in [0.25, 0.3) is 0 Å². The molecule has 1 aromatic rings. The molecular weight excluding hydrogens is 238 g/mol. The van der Waals surface area contributed by atoms with Crippen molar-refractivity contribution in [2.45, 2.75) is 31.2 Å². The zero-order chi connectivity index (χ0) is 13.2. The average Bonchev–Trinajstić information content (AvgIpc) is 2.26. The molecule has 7 heteroatoms. The topological polar surface area (TPSA) is 105 Å². The highest BCUT2D eigenvalue weighted by molar-refractivity contribution is 5.70. The van der Waals surface area contributed by atoms with Gasteiger partial charge in [-0.3, -0.25) is 4.79 Å². The SMILES string of the molecule is O=C(O)CC1(Nc2ccc([N+](=O)[O-])nc2)CCC1. The first-order valence-electron chi connectivity index (χ1n) is 5.61. The highest BCUT2D eigenvalue weighted by atomic mass is 16.6. The Morgan fingerprint density at radius 2 is 2.28 bits per heavy atom. The average molecular weight is 251 g/mol. The summed E-state index contributed by atoms with van der Waals surface area (Å²) in [7, 11) is 0. The number of rotatable bonds is 5. The fourth-order valence-electron chi connectivity index (χ4n) is 2.11. The van der Waals surface area contributed by atoms with Crippen LogP contribution in [-0.4, -0.2) is 26.5 Å². The second-order valence-electron chi connectivity index (χ2n) is 4.49. The first-order chi connectivity index (χ1) is 8.51. The Labute approximate surface area is 103 Å². The van der Waals surface area contributed by atoms with E-state index in [1.807, 2.05) is 0 Å². The lowest BCUT2D eigenvalue weighted by Gasteiger charge is -2.42. The molecule has 96 valence electrons. The van der Waals surface area contributed by atoms with E-state index in [1.165, 1.54) is 12.3 Å². The molecule has 0 atom stereocenters. The fraction of sp³-hybridized carbons (Fsp3) is 0.455. The van der Waals surface area contributed by atoms with Crippen LogP contribution in [0.2, 0.25) is 0 Å². The molecule has 0 aliphatic heterocycles. The van der Waals surface area contributed by atoms with Gasteiger partial charge in [0, 0.05) is 11.6 Å². The normalized spacial score (nSPS) is 16.7. The van der Waals surface area contributed by atoms with Crippen LogP contribution in [0, 0.1) is 10.1 Å². The minimum Gasteiger partial charge on any atom is -0.481 e. The molecule has 0 aromatic carbocycles. The molecule has 1 saturated carbocycles. The molecule has 0 bridgehead atoms. The first-order valence-corrected chi connectivity index (χ1v) is 5.61. The predicted octanol–water partition coefficient (Wildman–Crippen LogP) is 1.80. The number of anilines is 1. The molecule has 0 spiro atoms. The van der Waals surface area contributed by atoms with E-state index in [0.29, 0.717) is 5.69 Å². The second-order valence-corrected chi connectivity index (χ2v) is 4.49. The van der Waals surface area contributed by atoms with Gasteiger partial charge in [0.05, 0.1) is 12.1 Å². The van der Waals surface area contributed by atoms with Gasteiger partial charge < -0.3 is 20.5 Å². The summed E-state index contributed by atoms with van der Waals surface area (Å²) in [5, 5.41) is 22.4. The van der Waals surface area contributed by atoms with Gasteiger partial charge in [0.15, 0.2) is 6.20 Å². The molecule has 1 aliphatic carbocycles. The van der Waals surface area contributed by atoms with Crippen molar-refractivity contribution < 1.29 is 14.8 Å². The Hall–Kier alpha value is -2.18. The maximum absolute atomic E-state index is 10.8. The number of aromatic nitrogens is 1. The Bertz CT molecular complexity index is 468. The molecule has 2 N–H and O–H groups in total. The number of hydrogen-bond donors (Lipinski definition) is 2. The van der Waals surface area contributed by atoms with E-state index in [9.17, 15) is 14.9 Å². The fourth-order valence-corrected chi connectivity index (χ4v) is 2.11. The van der Waals surface area contributed by atoms with E-state index >= 15 is 0 Å². The number of nitrogens with one attached hydrogen (secondary N) is 1. The number of nitrogens with zero attached hydrogens (tertiary/aromatic N) is 2. The minimum atomic E-state index is -0.850. The van der Waals surface area contributed by atoms with E-state index in [0.717, 1.165) is 19.3 Å².